The highest BCUT2D eigenvalue weighted by atomic mass is 16.5. The Morgan fingerprint density at radius 3 is 2.67 bits per heavy atom. The van der Waals surface area contributed by atoms with Crippen LogP contribution in [0.15, 0.2) is 28.8 Å². The fraction of sp³-hybridized carbons (Fsp3) is 0.579. The maximum atomic E-state index is 6.11. The number of hydrogen-bond acceptors (Lipinski definition) is 5. The molecule has 5 heteroatoms. The second-order valence-corrected chi connectivity index (χ2v) is 7.12. The predicted octanol–water partition coefficient (Wildman–Crippen LogP) is 3.56. The molecule has 2 aliphatic rings. The van der Waals surface area contributed by atoms with Gasteiger partial charge in [0.1, 0.15) is 11.9 Å². The summed E-state index contributed by atoms with van der Waals surface area (Å²) in [6.45, 7) is 5.04. The van der Waals surface area contributed by atoms with E-state index in [1.807, 2.05) is 13.0 Å². The van der Waals surface area contributed by atoms with E-state index in [0.29, 0.717) is 17.9 Å². The normalized spacial score (nSPS) is 29.2. The van der Waals surface area contributed by atoms with Crippen molar-refractivity contribution in [2.24, 2.45) is 0 Å². The summed E-state index contributed by atoms with van der Waals surface area (Å²) in [6.07, 6.45) is 4.76. The highest BCUT2D eigenvalue weighted by Gasteiger charge is 2.32. The van der Waals surface area contributed by atoms with Gasteiger partial charge in [0.15, 0.2) is 5.82 Å². The van der Waals surface area contributed by atoms with Crippen molar-refractivity contribution in [2.45, 2.75) is 63.5 Å². The highest BCUT2D eigenvalue weighted by Crippen LogP contribution is 2.37. The Hall–Kier alpha value is -1.88. The quantitative estimate of drug-likeness (QED) is 0.930. The first kappa shape index (κ1) is 15.6. The van der Waals surface area contributed by atoms with Crippen LogP contribution in [0.4, 0.5) is 0 Å². The fourth-order valence-electron chi connectivity index (χ4n) is 3.95. The maximum absolute atomic E-state index is 6.11. The molecule has 1 aromatic carbocycles. The largest absolute Gasteiger partial charge is 0.488 e. The van der Waals surface area contributed by atoms with E-state index in [9.17, 15) is 0 Å². The molecule has 5 nitrogen and oxygen atoms in total. The monoisotopic (exact) mass is 327 g/mol. The van der Waals surface area contributed by atoms with E-state index in [2.05, 4.69) is 40.6 Å². The van der Waals surface area contributed by atoms with E-state index >= 15 is 0 Å². The smallest absolute Gasteiger partial charge is 0.229 e. The molecule has 1 saturated carbocycles. The molecule has 0 amide bonds. The summed E-state index contributed by atoms with van der Waals surface area (Å²) >= 11 is 0. The van der Waals surface area contributed by atoms with Crippen molar-refractivity contribution in [2.75, 3.05) is 6.54 Å². The molecule has 0 bridgehead atoms. The lowest BCUT2D eigenvalue weighted by Gasteiger charge is -2.28. The molecule has 1 aliphatic carbocycles. The molecule has 2 aromatic rings. The molecule has 0 radical (unpaired) electrons. The number of aryl methyl sites for hydroxylation is 1. The van der Waals surface area contributed by atoms with Crippen LogP contribution in [0, 0.1) is 6.92 Å². The van der Waals surface area contributed by atoms with Crippen molar-refractivity contribution >= 4 is 0 Å². The van der Waals surface area contributed by atoms with Crippen LogP contribution in [0.3, 0.4) is 0 Å². The Morgan fingerprint density at radius 2 is 1.96 bits per heavy atom. The van der Waals surface area contributed by atoms with Gasteiger partial charge in [0.05, 0.1) is 0 Å². The molecule has 0 saturated heterocycles. The molecule has 2 heterocycles. The van der Waals surface area contributed by atoms with E-state index < -0.39 is 0 Å². The first-order valence-electron chi connectivity index (χ1n) is 9.00. The number of hydrogen-bond donors (Lipinski definition) is 1. The Labute approximate surface area is 142 Å². The number of benzene rings is 1. The Balaban J connectivity index is 1.27. The van der Waals surface area contributed by atoms with Crippen molar-refractivity contribution in [3.63, 3.8) is 0 Å². The molecule has 24 heavy (non-hydrogen) atoms. The van der Waals surface area contributed by atoms with E-state index in [1.54, 1.807) is 0 Å². The Bertz CT molecular complexity index is 691. The summed E-state index contributed by atoms with van der Waals surface area (Å²) in [5.74, 6) is 3.47. The minimum absolute atomic E-state index is 0.235. The van der Waals surface area contributed by atoms with Crippen LogP contribution in [0.2, 0.25) is 0 Å². The van der Waals surface area contributed by atoms with Crippen LogP contribution >= 0.6 is 0 Å². The van der Waals surface area contributed by atoms with Crippen molar-refractivity contribution in [3.8, 4) is 5.75 Å². The van der Waals surface area contributed by atoms with Gasteiger partial charge in [-0.2, -0.15) is 4.98 Å². The van der Waals surface area contributed by atoms with E-state index in [-0.39, 0.29) is 6.10 Å². The third-order valence-corrected chi connectivity index (χ3v) is 5.47. The lowest BCUT2D eigenvalue weighted by atomic mass is 9.85. The second-order valence-electron chi connectivity index (χ2n) is 7.12. The van der Waals surface area contributed by atoms with Gasteiger partial charge in [-0.25, -0.2) is 0 Å². The molecule has 2 atom stereocenters. The van der Waals surface area contributed by atoms with Gasteiger partial charge in [0.2, 0.25) is 5.89 Å². The van der Waals surface area contributed by atoms with Gasteiger partial charge in [-0.05, 0) is 38.7 Å². The summed E-state index contributed by atoms with van der Waals surface area (Å²) in [7, 11) is 0. The minimum atomic E-state index is 0.235. The van der Waals surface area contributed by atoms with Gasteiger partial charge in [0.25, 0.3) is 0 Å². The molecular weight excluding hydrogens is 302 g/mol. The van der Waals surface area contributed by atoms with Gasteiger partial charge < -0.3 is 14.6 Å². The summed E-state index contributed by atoms with van der Waals surface area (Å²) in [6, 6.07) is 8.95. The number of fused-ring (bicyclic) bond motifs is 1. The van der Waals surface area contributed by atoms with Crippen molar-refractivity contribution in [1.29, 1.82) is 0 Å². The number of nitrogens with one attached hydrogen (secondary N) is 1. The standard InChI is InChI=1S/C19H25N3O2/c1-12-16-5-3-4-6-17(16)23-18(12)11-20-15-9-7-14(8-10-15)19-21-13(2)22-24-19/h3-6,12,14-15,18,20H,7-11H2,1-2H3/t12-,14?,15?,18-/m1/s1. The van der Waals surface area contributed by atoms with Crippen LogP contribution in [-0.2, 0) is 0 Å². The summed E-state index contributed by atoms with van der Waals surface area (Å²) in [4.78, 5) is 4.38. The van der Waals surface area contributed by atoms with E-state index in [4.69, 9.17) is 9.26 Å². The molecule has 4 rings (SSSR count). The van der Waals surface area contributed by atoms with Gasteiger partial charge in [-0.15, -0.1) is 0 Å². The van der Waals surface area contributed by atoms with Crippen LogP contribution in [0.1, 0.15) is 61.7 Å². The zero-order valence-corrected chi connectivity index (χ0v) is 14.4. The van der Waals surface area contributed by atoms with Gasteiger partial charge in [0, 0.05) is 30.0 Å². The average molecular weight is 327 g/mol. The van der Waals surface area contributed by atoms with E-state index in [0.717, 1.165) is 49.7 Å². The van der Waals surface area contributed by atoms with Crippen LogP contribution in [0.25, 0.3) is 0 Å². The summed E-state index contributed by atoms with van der Waals surface area (Å²) in [5, 5.41) is 7.62. The number of rotatable bonds is 4. The summed E-state index contributed by atoms with van der Waals surface area (Å²) < 4.78 is 11.4. The molecule has 1 aliphatic heterocycles. The molecule has 0 unspecified atom stereocenters. The summed E-state index contributed by atoms with van der Waals surface area (Å²) in [5.41, 5.74) is 1.33. The van der Waals surface area contributed by atoms with Crippen molar-refractivity contribution in [3.05, 3.63) is 41.5 Å². The van der Waals surface area contributed by atoms with Crippen LogP contribution < -0.4 is 10.1 Å². The third kappa shape index (κ3) is 3.05. The van der Waals surface area contributed by atoms with Gasteiger partial charge in [-0.3, -0.25) is 0 Å². The lowest BCUT2D eigenvalue weighted by Crippen LogP contribution is -2.40. The number of para-hydroxylation sites is 1. The molecule has 1 N–H and O–H groups in total. The van der Waals surface area contributed by atoms with Gasteiger partial charge >= 0.3 is 0 Å². The lowest BCUT2D eigenvalue weighted by molar-refractivity contribution is 0.191. The molecule has 0 spiro atoms. The Kier molecular flexibility index (Phi) is 4.27. The highest BCUT2D eigenvalue weighted by molar-refractivity contribution is 5.40. The predicted molar refractivity (Wildman–Crippen MR) is 91.3 cm³/mol. The molecule has 128 valence electrons. The number of ether oxygens (including phenoxy) is 1. The molecule has 1 fully saturated rings. The van der Waals surface area contributed by atoms with Gasteiger partial charge in [-0.1, -0.05) is 30.3 Å². The minimum Gasteiger partial charge on any atom is -0.488 e. The topological polar surface area (TPSA) is 60.2 Å². The van der Waals surface area contributed by atoms with E-state index in [1.165, 1.54) is 5.56 Å². The first-order chi connectivity index (χ1) is 11.7. The first-order valence-corrected chi connectivity index (χ1v) is 9.00. The van der Waals surface area contributed by atoms with Crippen molar-refractivity contribution in [1.82, 2.24) is 15.5 Å². The molecule has 1 aromatic heterocycles. The SMILES string of the molecule is Cc1noc(C2CCC(NC[C@H]3Oc4ccccc4[C@H]3C)CC2)n1. The number of nitrogens with zero attached hydrogens (tertiary/aromatic N) is 2. The van der Waals surface area contributed by atoms with Crippen LogP contribution in [-0.4, -0.2) is 28.8 Å². The molecular formula is C19H25N3O2. The zero-order valence-electron chi connectivity index (χ0n) is 14.4. The number of aromatic nitrogens is 2. The third-order valence-electron chi connectivity index (χ3n) is 5.47. The fourth-order valence-corrected chi connectivity index (χ4v) is 3.95. The second kappa shape index (κ2) is 6.55. The van der Waals surface area contributed by atoms with Crippen LogP contribution in [0.5, 0.6) is 5.75 Å². The maximum Gasteiger partial charge on any atom is 0.229 e. The average Bonchev–Trinajstić information content (AvgIpc) is 3.18. The van der Waals surface area contributed by atoms with Crippen molar-refractivity contribution < 1.29 is 9.26 Å². The Morgan fingerprint density at radius 1 is 1.17 bits per heavy atom. The zero-order chi connectivity index (χ0) is 16.5.